The van der Waals surface area contributed by atoms with Crippen LogP contribution in [-0.4, -0.2) is 49.3 Å². The largest absolute Gasteiger partial charge is 0.497 e. The molecule has 0 N–H and O–H groups in total. The van der Waals surface area contributed by atoms with Gasteiger partial charge in [-0.1, -0.05) is 22.8 Å². The van der Waals surface area contributed by atoms with E-state index in [1.54, 1.807) is 18.1 Å². The van der Waals surface area contributed by atoms with Crippen LogP contribution >= 0.6 is 11.6 Å². The highest BCUT2D eigenvalue weighted by atomic mass is 35.5. The summed E-state index contributed by atoms with van der Waals surface area (Å²) in [6.45, 7) is 2.73. The number of piperazine rings is 1. The zero-order valence-electron chi connectivity index (χ0n) is 15.5. The average molecular weight is 398 g/mol. The molecule has 1 aromatic heterocycles. The van der Waals surface area contributed by atoms with Crippen LogP contribution in [0.25, 0.3) is 11.3 Å². The number of anilines is 1. The Hall–Kier alpha value is -2.99. The van der Waals surface area contributed by atoms with Crippen molar-refractivity contribution in [2.24, 2.45) is 0 Å². The molecule has 4 rings (SSSR count). The van der Waals surface area contributed by atoms with Gasteiger partial charge in [-0.25, -0.2) is 0 Å². The van der Waals surface area contributed by atoms with Gasteiger partial charge in [0.1, 0.15) is 5.75 Å². The van der Waals surface area contributed by atoms with E-state index in [2.05, 4.69) is 10.1 Å². The number of hydrogen-bond donors (Lipinski definition) is 0. The Bertz CT molecular complexity index is 963. The van der Waals surface area contributed by atoms with Gasteiger partial charge in [0.25, 0.3) is 5.91 Å². The minimum Gasteiger partial charge on any atom is -0.497 e. The number of aromatic nitrogens is 1. The van der Waals surface area contributed by atoms with Gasteiger partial charge in [-0.3, -0.25) is 4.79 Å². The highest BCUT2D eigenvalue weighted by Crippen LogP contribution is 2.24. The Morgan fingerprint density at radius 2 is 1.82 bits per heavy atom. The average Bonchev–Trinajstić information content (AvgIpc) is 3.24. The van der Waals surface area contributed by atoms with Crippen LogP contribution in [0.3, 0.4) is 0 Å². The first-order chi connectivity index (χ1) is 13.6. The predicted molar refractivity (Wildman–Crippen MR) is 108 cm³/mol. The molecule has 0 atom stereocenters. The van der Waals surface area contributed by atoms with Crippen molar-refractivity contribution in [1.29, 1.82) is 0 Å². The number of ether oxygens (including phenoxy) is 1. The molecule has 7 heteroatoms. The third kappa shape index (κ3) is 3.82. The summed E-state index contributed by atoms with van der Waals surface area (Å²) in [6.07, 6.45) is 0. The Kier molecular flexibility index (Phi) is 5.21. The first kappa shape index (κ1) is 18.4. The molecule has 6 nitrogen and oxygen atoms in total. The number of amides is 1. The molecule has 2 aromatic carbocycles. The maximum absolute atomic E-state index is 12.8. The minimum atomic E-state index is -0.116. The van der Waals surface area contributed by atoms with Crippen molar-refractivity contribution in [3.05, 3.63) is 65.3 Å². The second-order valence-corrected chi connectivity index (χ2v) is 7.00. The molecule has 0 spiro atoms. The SMILES string of the molecule is COc1ccc(-c2cc(C(=O)N3CCN(c4cccc(Cl)c4)CC3)no2)cc1. The normalized spacial score (nSPS) is 14.2. The molecule has 2 heterocycles. The summed E-state index contributed by atoms with van der Waals surface area (Å²) in [4.78, 5) is 16.8. The summed E-state index contributed by atoms with van der Waals surface area (Å²) in [5, 5.41) is 4.68. The van der Waals surface area contributed by atoms with Gasteiger partial charge in [0, 0.05) is 48.5 Å². The van der Waals surface area contributed by atoms with Gasteiger partial charge in [-0.15, -0.1) is 0 Å². The number of methoxy groups -OCH3 is 1. The molecule has 0 radical (unpaired) electrons. The summed E-state index contributed by atoms with van der Waals surface area (Å²) in [5.41, 5.74) is 2.24. The van der Waals surface area contributed by atoms with E-state index >= 15 is 0 Å². The second-order valence-electron chi connectivity index (χ2n) is 6.56. The summed E-state index contributed by atoms with van der Waals surface area (Å²) < 4.78 is 10.5. The van der Waals surface area contributed by atoms with Crippen molar-refractivity contribution in [2.45, 2.75) is 0 Å². The van der Waals surface area contributed by atoms with Crippen molar-refractivity contribution < 1.29 is 14.1 Å². The Balaban J connectivity index is 1.41. The van der Waals surface area contributed by atoms with Gasteiger partial charge in [0.15, 0.2) is 11.5 Å². The molecule has 0 aliphatic carbocycles. The zero-order valence-corrected chi connectivity index (χ0v) is 16.2. The van der Waals surface area contributed by atoms with E-state index in [1.807, 2.05) is 48.5 Å². The smallest absolute Gasteiger partial charge is 0.276 e. The number of benzene rings is 2. The molecule has 0 saturated carbocycles. The standard InChI is InChI=1S/C21H20ClN3O3/c1-27-18-7-5-15(6-8-18)20-14-19(23-28-20)21(26)25-11-9-24(10-12-25)17-4-2-3-16(22)13-17/h2-8,13-14H,9-12H2,1H3. The van der Waals surface area contributed by atoms with E-state index in [4.69, 9.17) is 20.9 Å². The lowest BCUT2D eigenvalue weighted by Crippen LogP contribution is -2.48. The van der Waals surface area contributed by atoms with Crippen molar-refractivity contribution in [1.82, 2.24) is 10.1 Å². The number of nitrogens with zero attached hydrogens (tertiary/aromatic N) is 3. The third-order valence-corrected chi connectivity index (χ3v) is 5.08. The molecule has 0 bridgehead atoms. The molecule has 1 aliphatic heterocycles. The highest BCUT2D eigenvalue weighted by Gasteiger charge is 2.25. The number of carbonyl (C=O) groups is 1. The van der Waals surface area contributed by atoms with Crippen molar-refractivity contribution in [2.75, 3.05) is 38.2 Å². The van der Waals surface area contributed by atoms with Crippen LogP contribution in [0.4, 0.5) is 5.69 Å². The number of carbonyl (C=O) groups excluding carboxylic acids is 1. The van der Waals surface area contributed by atoms with Crippen molar-refractivity contribution >= 4 is 23.2 Å². The quantitative estimate of drug-likeness (QED) is 0.666. The van der Waals surface area contributed by atoms with Gasteiger partial charge in [-0.2, -0.15) is 0 Å². The fourth-order valence-corrected chi connectivity index (χ4v) is 3.45. The van der Waals surface area contributed by atoms with E-state index < -0.39 is 0 Å². The molecule has 1 fully saturated rings. The van der Waals surface area contributed by atoms with E-state index in [9.17, 15) is 4.79 Å². The maximum atomic E-state index is 12.8. The fraction of sp³-hybridized carbons (Fsp3) is 0.238. The van der Waals surface area contributed by atoms with Crippen LogP contribution < -0.4 is 9.64 Å². The molecule has 28 heavy (non-hydrogen) atoms. The molecule has 1 saturated heterocycles. The minimum absolute atomic E-state index is 0.116. The van der Waals surface area contributed by atoms with Crippen molar-refractivity contribution in [3.63, 3.8) is 0 Å². The first-order valence-corrected chi connectivity index (χ1v) is 9.43. The number of rotatable bonds is 4. The summed E-state index contributed by atoms with van der Waals surface area (Å²) in [5.74, 6) is 1.20. The molecule has 1 aliphatic rings. The Morgan fingerprint density at radius 3 is 2.50 bits per heavy atom. The summed E-state index contributed by atoms with van der Waals surface area (Å²) in [6, 6.07) is 16.9. The maximum Gasteiger partial charge on any atom is 0.276 e. The van der Waals surface area contributed by atoms with E-state index in [1.165, 1.54) is 0 Å². The lowest BCUT2D eigenvalue weighted by molar-refractivity contribution is 0.0736. The van der Waals surface area contributed by atoms with Crippen LogP contribution in [0.2, 0.25) is 5.02 Å². The van der Waals surface area contributed by atoms with E-state index in [-0.39, 0.29) is 5.91 Å². The van der Waals surface area contributed by atoms with Gasteiger partial charge < -0.3 is 19.1 Å². The van der Waals surface area contributed by atoms with Crippen LogP contribution in [0.1, 0.15) is 10.5 Å². The third-order valence-electron chi connectivity index (χ3n) is 4.84. The van der Waals surface area contributed by atoms with Gasteiger partial charge >= 0.3 is 0 Å². The molecule has 144 valence electrons. The lowest BCUT2D eigenvalue weighted by atomic mass is 10.1. The van der Waals surface area contributed by atoms with Crippen molar-refractivity contribution in [3.8, 4) is 17.1 Å². The van der Waals surface area contributed by atoms with Crippen LogP contribution in [0.5, 0.6) is 5.75 Å². The molecule has 0 unspecified atom stereocenters. The second kappa shape index (κ2) is 7.94. The molecule has 1 amide bonds. The summed E-state index contributed by atoms with van der Waals surface area (Å²) in [7, 11) is 1.62. The predicted octanol–water partition coefficient (Wildman–Crippen LogP) is 3.97. The highest BCUT2D eigenvalue weighted by molar-refractivity contribution is 6.30. The van der Waals surface area contributed by atoms with Crippen LogP contribution in [0, 0.1) is 0 Å². The fourth-order valence-electron chi connectivity index (χ4n) is 3.27. The lowest BCUT2D eigenvalue weighted by Gasteiger charge is -2.35. The van der Waals surface area contributed by atoms with Gasteiger partial charge in [0.05, 0.1) is 7.11 Å². The molecular weight excluding hydrogens is 378 g/mol. The van der Waals surface area contributed by atoms with Crippen LogP contribution in [0.15, 0.2) is 59.1 Å². The summed E-state index contributed by atoms with van der Waals surface area (Å²) >= 11 is 6.08. The van der Waals surface area contributed by atoms with Gasteiger partial charge in [-0.05, 0) is 42.5 Å². The van der Waals surface area contributed by atoms with E-state index in [0.717, 1.165) is 30.1 Å². The number of hydrogen-bond acceptors (Lipinski definition) is 5. The Morgan fingerprint density at radius 1 is 1.07 bits per heavy atom. The molecule has 3 aromatic rings. The Labute approximate surface area is 168 Å². The zero-order chi connectivity index (χ0) is 19.5. The van der Waals surface area contributed by atoms with Crippen LogP contribution in [-0.2, 0) is 0 Å². The van der Waals surface area contributed by atoms with Gasteiger partial charge in [0.2, 0.25) is 0 Å². The monoisotopic (exact) mass is 397 g/mol. The first-order valence-electron chi connectivity index (χ1n) is 9.05. The molecular formula is C21H20ClN3O3. The van der Waals surface area contributed by atoms with E-state index in [0.29, 0.717) is 29.6 Å². The topological polar surface area (TPSA) is 58.8 Å². The number of halogens is 1.